The molecule has 0 atom stereocenters. The van der Waals surface area contributed by atoms with Crippen molar-refractivity contribution >= 4 is 49.1 Å². The second-order valence-electron chi connectivity index (χ2n) is 8.00. The van der Waals surface area contributed by atoms with E-state index in [2.05, 4.69) is 26.6 Å². The first kappa shape index (κ1) is 25.5. The molecule has 7 nitrogen and oxygen atoms in total. The molecule has 0 radical (unpaired) electrons. The van der Waals surface area contributed by atoms with Crippen LogP contribution in [0, 0.1) is 5.92 Å². The van der Waals surface area contributed by atoms with E-state index < -0.39 is 22.5 Å². The summed E-state index contributed by atoms with van der Waals surface area (Å²) < 4.78 is 28.6. The average Bonchev–Trinajstić information content (AvgIpc) is 2.81. The van der Waals surface area contributed by atoms with E-state index in [9.17, 15) is 18.0 Å². The lowest BCUT2D eigenvalue weighted by atomic mass is 10.1. The number of carbonyl (C=O) groups excluding carboxylic acids is 2. The molecule has 0 saturated carbocycles. The molecule has 0 fully saturated rings. The van der Waals surface area contributed by atoms with Gasteiger partial charge in [-0.1, -0.05) is 66.2 Å². The highest BCUT2D eigenvalue weighted by atomic mass is 79.9. The Labute approximate surface area is 208 Å². The third-order valence-corrected chi connectivity index (χ3v) is 7.11. The normalized spacial score (nSPS) is 11.2. The van der Waals surface area contributed by atoms with Gasteiger partial charge in [0, 0.05) is 11.0 Å². The predicted molar refractivity (Wildman–Crippen MR) is 137 cm³/mol. The van der Waals surface area contributed by atoms with Gasteiger partial charge in [0.05, 0.1) is 21.8 Å². The van der Waals surface area contributed by atoms with Crippen molar-refractivity contribution in [2.75, 3.05) is 22.7 Å². The van der Waals surface area contributed by atoms with Crippen LogP contribution in [-0.2, 0) is 14.8 Å². The molecule has 0 aromatic heterocycles. The van der Waals surface area contributed by atoms with E-state index in [1.54, 1.807) is 66.7 Å². The summed E-state index contributed by atoms with van der Waals surface area (Å²) in [7, 11) is -4.03. The Morgan fingerprint density at radius 3 is 2.29 bits per heavy atom. The van der Waals surface area contributed by atoms with Crippen molar-refractivity contribution in [1.82, 2.24) is 5.32 Å². The summed E-state index contributed by atoms with van der Waals surface area (Å²) in [5.41, 5.74) is 0.938. The van der Waals surface area contributed by atoms with Gasteiger partial charge >= 0.3 is 0 Å². The maximum Gasteiger partial charge on any atom is 0.264 e. The van der Waals surface area contributed by atoms with Crippen LogP contribution in [0.5, 0.6) is 0 Å². The maximum absolute atomic E-state index is 13.4. The van der Waals surface area contributed by atoms with Crippen molar-refractivity contribution in [2.45, 2.75) is 18.7 Å². The number of amides is 2. The van der Waals surface area contributed by atoms with Gasteiger partial charge in [-0.3, -0.25) is 13.9 Å². The van der Waals surface area contributed by atoms with E-state index in [0.717, 1.165) is 4.31 Å². The highest BCUT2D eigenvalue weighted by Crippen LogP contribution is 2.26. The zero-order valence-electron chi connectivity index (χ0n) is 18.9. The molecule has 3 aromatic carbocycles. The van der Waals surface area contributed by atoms with Gasteiger partial charge in [-0.15, -0.1) is 0 Å². The first-order valence-corrected chi connectivity index (χ1v) is 12.9. The lowest BCUT2D eigenvalue weighted by Gasteiger charge is -2.24. The van der Waals surface area contributed by atoms with Gasteiger partial charge in [-0.2, -0.15) is 0 Å². The molecule has 3 rings (SSSR count). The molecule has 2 amide bonds. The van der Waals surface area contributed by atoms with E-state index in [0.29, 0.717) is 28.0 Å². The number of sulfonamides is 1. The standard InChI is InChI=1S/C25H26BrN3O4S/c1-18(2)16-27-25(31)22-13-6-7-14-23(22)28-24(30)17-29(20-10-8-9-19(26)15-20)34(32,33)21-11-4-3-5-12-21/h3-15,18H,16-17H2,1-2H3,(H,27,31)(H,28,30). The number of para-hydroxylation sites is 1. The van der Waals surface area contributed by atoms with E-state index in [4.69, 9.17) is 0 Å². The molecule has 0 spiro atoms. The van der Waals surface area contributed by atoms with Crippen molar-refractivity contribution in [2.24, 2.45) is 5.92 Å². The zero-order valence-corrected chi connectivity index (χ0v) is 21.3. The summed E-state index contributed by atoms with van der Waals surface area (Å²) in [5, 5.41) is 5.53. The summed E-state index contributed by atoms with van der Waals surface area (Å²) in [4.78, 5) is 25.7. The van der Waals surface area contributed by atoms with Gasteiger partial charge in [0.25, 0.3) is 15.9 Å². The predicted octanol–water partition coefficient (Wildman–Crippen LogP) is 4.67. The minimum atomic E-state index is -4.03. The summed E-state index contributed by atoms with van der Waals surface area (Å²) in [6, 6.07) is 21.2. The van der Waals surface area contributed by atoms with Gasteiger partial charge < -0.3 is 10.6 Å². The zero-order chi connectivity index (χ0) is 24.7. The third-order valence-electron chi connectivity index (χ3n) is 4.83. The number of hydrogen-bond donors (Lipinski definition) is 2. The van der Waals surface area contributed by atoms with Gasteiger partial charge in [-0.05, 0) is 48.4 Å². The topological polar surface area (TPSA) is 95.6 Å². The maximum atomic E-state index is 13.4. The number of hydrogen-bond acceptors (Lipinski definition) is 4. The van der Waals surface area contributed by atoms with Crippen LogP contribution in [0.3, 0.4) is 0 Å². The minimum absolute atomic E-state index is 0.0660. The fourth-order valence-corrected chi connectivity index (χ4v) is 4.99. The van der Waals surface area contributed by atoms with Crippen molar-refractivity contribution < 1.29 is 18.0 Å². The van der Waals surface area contributed by atoms with Crippen LogP contribution in [0.4, 0.5) is 11.4 Å². The van der Waals surface area contributed by atoms with Crippen LogP contribution in [-0.4, -0.2) is 33.3 Å². The van der Waals surface area contributed by atoms with Crippen LogP contribution in [0.25, 0.3) is 0 Å². The molecule has 0 bridgehead atoms. The summed E-state index contributed by atoms with van der Waals surface area (Å²) >= 11 is 3.36. The van der Waals surface area contributed by atoms with Crippen LogP contribution < -0.4 is 14.9 Å². The summed E-state index contributed by atoms with van der Waals surface area (Å²) in [5.74, 6) is -0.624. The Morgan fingerprint density at radius 1 is 0.941 bits per heavy atom. The number of carbonyl (C=O) groups is 2. The molecule has 2 N–H and O–H groups in total. The number of nitrogens with one attached hydrogen (secondary N) is 2. The molecule has 0 aliphatic rings. The van der Waals surface area contributed by atoms with Gasteiger partial charge in [0.1, 0.15) is 6.54 Å². The highest BCUT2D eigenvalue weighted by molar-refractivity contribution is 9.10. The summed E-state index contributed by atoms with van der Waals surface area (Å²) in [6.45, 7) is 3.98. The van der Waals surface area contributed by atoms with E-state index >= 15 is 0 Å². The van der Waals surface area contributed by atoms with Crippen molar-refractivity contribution in [3.63, 3.8) is 0 Å². The molecule has 9 heteroatoms. The van der Waals surface area contributed by atoms with Crippen LogP contribution in [0.15, 0.2) is 88.2 Å². The quantitative estimate of drug-likeness (QED) is 0.410. The van der Waals surface area contributed by atoms with Crippen molar-refractivity contribution in [3.8, 4) is 0 Å². The summed E-state index contributed by atoms with van der Waals surface area (Å²) in [6.07, 6.45) is 0. The lowest BCUT2D eigenvalue weighted by molar-refractivity contribution is -0.114. The first-order valence-electron chi connectivity index (χ1n) is 10.7. The number of nitrogens with zero attached hydrogens (tertiary/aromatic N) is 1. The Kier molecular flexibility index (Phi) is 8.46. The molecule has 0 unspecified atom stereocenters. The molecule has 3 aromatic rings. The second kappa shape index (κ2) is 11.3. The Bertz CT molecular complexity index is 1260. The van der Waals surface area contributed by atoms with Crippen LogP contribution in [0.2, 0.25) is 0 Å². The molecule has 34 heavy (non-hydrogen) atoms. The van der Waals surface area contributed by atoms with E-state index in [-0.39, 0.29) is 16.7 Å². The molecule has 0 aliphatic carbocycles. The Morgan fingerprint density at radius 2 is 1.62 bits per heavy atom. The monoisotopic (exact) mass is 543 g/mol. The van der Waals surface area contributed by atoms with Gasteiger partial charge in [0.15, 0.2) is 0 Å². The smallest absolute Gasteiger partial charge is 0.264 e. The number of anilines is 2. The Hall–Kier alpha value is -3.17. The number of rotatable bonds is 9. The van der Waals surface area contributed by atoms with Crippen molar-refractivity contribution in [3.05, 3.63) is 88.9 Å². The minimum Gasteiger partial charge on any atom is -0.352 e. The fourth-order valence-electron chi connectivity index (χ4n) is 3.17. The number of benzene rings is 3. The largest absolute Gasteiger partial charge is 0.352 e. The average molecular weight is 544 g/mol. The molecule has 0 saturated heterocycles. The van der Waals surface area contributed by atoms with Crippen LogP contribution >= 0.6 is 15.9 Å². The van der Waals surface area contributed by atoms with Crippen molar-refractivity contribution in [1.29, 1.82) is 0 Å². The molecule has 178 valence electrons. The molecular formula is C25H26BrN3O4S. The second-order valence-corrected chi connectivity index (χ2v) is 10.8. The molecule has 0 heterocycles. The van der Waals surface area contributed by atoms with E-state index in [1.165, 1.54) is 12.1 Å². The third kappa shape index (κ3) is 6.45. The van der Waals surface area contributed by atoms with Crippen LogP contribution in [0.1, 0.15) is 24.2 Å². The Balaban J connectivity index is 1.89. The number of halogens is 1. The van der Waals surface area contributed by atoms with Gasteiger partial charge in [-0.25, -0.2) is 8.42 Å². The van der Waals surface area contributed by atoms with Gasteiger partial charge in [0.2, 0.25) is 5.91 Å². The lowest BCUT2D eigenvalue weighted by Crippen LogP contribution is -2.38. The highest BCUT2D eigenvalue weighted by Gasteiger charge is 2.27. The fraction of sp³-hybridized carbons (Fsp3) is 0.200. The molecular weight excluding hydrogens is 518 g/mol. The SMILES string of the molecule is CC(C)CNC(=O)c1ccccc1NC(=O)CN(c1cccc(Br)c1)S(=O)(=O)c1ccccc1. The van der Waals surface area contributed by atoms with E-state index in [1.807, 2.05) is 13.8 Å². The first-order chi connectivity index (χ1) is 16.2. The molecule has 0 aliphatic heterocycles.